The Labute approximate surface area is 97.3 Å². The first kappa shape index (κ1) is 14.1. The van der Waals surface area contributed by atoms with Gasteiger partial charge in [-0.1, -0.05) is 6.07 Å². The standard InChI is InChI=1S/C9H7.2CO.Mn.NO/c1-2-5-9-7-3-6-8(9)4-1;2*1-2;;1-2/h1-7H;;;;/q-1;;;;-1. The van der Waals surface area contributed by atoms with Crippen LogP contribution in [-0.2, 0) is 23.7 Å². The molecule has 0 saturated carbocycles. The summed E-state index contributed by atoms with van der Waals surface area (Å²) in [7, 11) is 0. The van der Waals surface area contributed by atoms with E-state index in [0.717, 1.165) is 0 Å². The Bertz CT molecular complexity index is 491. The van der Waals surface area contributed by atoms with Crippen molar-refractivity contribution in [1.29, 1.82) is 0 Å². The molecule has 0 aromatic heterocycles. The number of rotatable bonds is 0. The van der Waals surface area contributed by atoms with Gasteiger partial charge in [0, 0.05) is 0 Å². The van der Waals surface area contributed by atoms with Gasteiger partial charge in [0.05, 0.1) is 0 Å². The molecule has 0 spiro atoms. The molecule has 16 heavy (non-hydrogen) atoms. The number of nitroso groups, excluding NO2 is 1. The second-order valence-electron chi connectivity index (χ2n) is 2.40. The second-order valence-corrected chi connectivity index (χ2v) is 3.18. The molecule has 2 aromatic carbocycles. The molecule has 5 heteroatoms. The zero-order valence-electron chi connectivity index (χ0n) is 8.09. The quantitative estimate of drug-likeness (QED) is 0.535. The van der Waals surface area contributed by atoms with Gasteiger partial charge >= 0.3 is 33.2 Å². The summed E-state index contributed by atoms with van der Waals surface area (Å²) in [6.45, 7) is 0. The van der Waals surface area contributed by atoms with Crippen LogP contribution in [0.15, 0.2) is 42.5 Å². The fourth-order valence-electron chi connectivity index (χ4n) is 1.09. The van der Waals surface area contributed by atoms with Crippen LogP contribution < -0.4 is 0 Å². The third-order valence-electron chi connectivity index (χ3n) is 1.62. The van der Waals surface area contributed by atoms with Crippen molar-refractivity contribution in [3.05, 3.63) is 53.0 Å². The molecule has 0 bridgehead atoms. The third kappa shape index (κ3) is 5.11. The Hall–Kier alpha value is -1.89. The summed E-state index contributed by atoms with van der Waals surface area (Å²) in [5, 5.41) is 2.66. The van der Waals surface area contributed by atoms with Crippen LogP contribution in [0.4, 0.5) is 0 Å². The van der Waals surface area contributed by atoms with Gasteiger partial charge in [0.1, 0.15) is 0 Å². The Morgan fingerprint density at radius 2 is 1.69 bits per heavy atom. The number of hydrogen-bond acceptors (Lipinski definition) is 3. The SMILES string of the molecule is O=[C]=[Mn]=[C]=O.[N-]=O.c1ccc2[cH-]ccc2c1. The molecular weight excluding hydrogens is 249 g/mol. The second kappa shape index (κ2) is 9.66. The van der Waals surface area contributed by atoms with E-state index in [9.17, 15) is 0 Å². The van der Waals surface area contributed by atoms with Gasteiger partial charge < -0.3 is 10.5 Å². The van der Waals surface area contributed by atoms with Gasteiger partial charge in [-0.05, 0) is 0 Å². The monoisotopic (exact) mass is 256 g/mol. The maximum absolute atomic E-state index is 9.03. The zero-order valence-corrected chi connectivity index (χ0v) is 9.27. The van der Waals surface area contributed by atoms with Crippen LogP contribution in [0, 0.1) is 4.91 Å². The molecule has 2 rings (SSSR count). The normalized spacial score (nSPS) is 7.25. The Kier molecular flexibility index (Phi) is 8.52. The van der Waals surface area contributed by atoms with Crippen LogP contribution in [0.25, 0.3) is 16.4 Å². The minimum Gasteiger partial charge on any atom is -0.577 e. The number of nitrogens with zero attached hydrogens (tertiary/aromatic N) is 1. The molecule has 0 unspecified atom stereocenters. The molecule has 0 saturated heterocycles. The first-order valence-corrected chi connectivity index (χ1v) is 5.22. The first-order chi connectivity index (χ1) is 7.88. The molecular formula is C11H7MnNO3-2. The van der Waals surface area contributed by atoms with Crippen molar-refractivity contribution in [3.8, 4) is 0 Å². The van der Waals surface area contributed by atoms with E-state index in [1.54, 1.807) is 0 Å². The van der Waals surface area contributed by atoms with Gasteiger partial charge in [-0.25, -0.2) is 0 Å². The molecule has 4 nitrogen and oxygen atoms in total. The van der Waals surface area contributed by atoms with Crippen molar-refractivity contribution in [2.75, 3.05) is 0 Å². The number of carbonyl (C=O) groups excluding carboxylic acids is 2. The average Bonchev–Trinajstić information content (AvgIpc) is 2.81. The summed E-state index contributed by atoms with van der Waals surface area (Å²) in [5.41, 5.74) is 5.75. The van der Waals surface area contributed by atoms with Gasteiger partial charge in [0.15, 0.2) is 0 Å². The molecule has 0 fully saturated rings. The summed E-state index contributed by atoms with van der Waals surface area (Å²) >= 11 is -0.438. The number of hydrogen-bond donors (Lipinski definition) is 0. The largest absolute Gasteiger partial charge is 0.577 e. The van der Waals surface area contributed by atoms with Crippen LogP contribution in [0.2, 0.25) is 0 Å². The minimum absolute atomic E-state index is 0.438. The van der Waals surface area contributed by atoms with E-state index in [4.69, 9.17) is 20.1 Å². The summed E-state index contributed by atoms with van der Waals surface area (Å²) in [6.07, 6.45) is 0. The summed E-state index contributed by atoms with van der Waals surface area (Å²) in [5.74, 6) is 0. The molecule has 0 N–H and O–H groups in total. The van der Waals surface area contributed by atoms with Gasteiger partial charge in [-0.15, -0.1) is 29.7 Å². The molecule has 0 aliphatic heterocycles. The van der Waals surface area contributed by atoms with E-state index in [1.165, 1.54) is 20.3 Å². The van der Waals surface area contributed by atoms with Crippen molar-refractivity contribution in [2.45, 2.75) is 0 Å². The van der Waals surface area contributed by atoms with Gasteiger partial charge in [-0.2, -0.15) is 17.5 Å². The summed E-state index contributed by atoms with van der Waals surface area (Å²) in [4.78, 5) is 28.1. The van der Waals surface area contributed by atoms with Crippen LogP contribution in [0.5, 0.6) is 0 Å². The minimum atomic E-state index is -0.438. The Morgan fingerprint density at radius 1 is 1.06 bits per heavy atom. The van der Waals surface area contributed by atoms with Crippen LogP contribution in [0.1, 0.15) is 0 Å². The predicted molar refractivity (Wildman–Crippen MR) is 57.7 cm³/mol. The maximum atomic E-state index is 9.03. The van der Waals surface area contributed by atoms with E-state index >= 15 is 0 Å². The number of fused-ring (bicyclic) bond motifs is 1. The van der Waals surface area contributed by atoms with Gasteiger partial charge in [-0.3, -0.25) is 0 Å². The van der Waals surface area contributed by atoms with Crippen LogP contribution in [-0.4, -0.2) is 9.57 Å². The van der Waals surface area contributed by atoms with Gasteiger partial charge in [0.2, 0.25) is 0 Å². The molecule has 0 radical (unpaired) electrons. The van der Waals surface area contributed by atoms with Crippen molar-refractivity contribution in [1.82, 2.24) is 0 Å². The van der Waals surface area contributed by atoms with E-state index < -0.39 is 14.1 Å². The van der Waals surface area contributed by atoms with Crippen molar-refractivity contribution in [3.63, 3.8) is 0 Å². The zero-order chi connectivity index (χ0) is 12.2. The smallest absolute Gasteiger partial charge is 0.0809 e. The molecule has 2 aromatic rings. The van der Waals surface area contributed by atoms with Crippen molar-refractivity contribution in [2.24, 2.45) is 0 Å². The van der Waals surface area contributed by atoms with E-state index in [1.807, 2.05) is 0 Å². The fraction of sp³-hybridized carbons (Fsp3) is 0. The summed E-state index contributed by atoms with van der Waals surface area (Å²) in [6, 6.07) is 14.7. The Balaban J connectivity index is 0.000000280. The molecule has 0 aliphatic rings. The molecule has 0 amide bonds. The maximum Gasteiger partial charge on any atom is -0.0809 e. The first-order valence-electron chi connectivity index (χ1n) is 4.04. The molecule has 0 atom stereocenters. The third-order valence-corrected chi connectivity index (χ3v) is 1.87. The van der Waals surface area contributed by atoms with Crippen molar-refractivity contribution < 1.29 is 23.7 Å². The van der Waals surface area contributed by atoms with Crippen LogP contribution >= 0.6 is 0 Å². The fourth-order valence-corrected chi connectivity index (χ4v) is 1.13. The van der Waals surface area contributed by atoms with E-state index in [2.05, 4.69) is 42.5 Å². The molecule has 83 valence electrons. The Morgan fingerprint density at radius 3 is 2.19 bits per heavy atom. The van der Waals surface area contributed by atoms with Crippen molar-refractivity contribution >= 4 is 20.3 Å². The van der Waals surface area contributed by atoms with Crippen LogP contribution in [0.3, 0.4) is 0 Å². The molecule has 0 aliphatic carbocycles. The van der Waals surface area contributed by atoms with E-state index in [-0.39, 0.29) is 0 Å². The molecule has 0 heterocycles. The predicted octanol–water partition coefficient (Wildman–Crippen LogP) is 2.08. The average molecular weight is 256 g/mol. The number of benzene rings is 1. The summed E-state index contributed by atoms with van der Waals surface area (Å²) < 4.78 is 0. The topological polar surface area (TPSA) is 73.5 Å². The van der Waals surface area contributed by atoms with Gasteiger partial charge in [0.25, 0.3) is 0 Å². The van der Waals surface area contributed by atoms with E-state index in [0.29, 0.717) is 0 Å².